The summed E-state index contributed by atoms with van der Waals surface area (Å²) in [6.07, 6.45) is 12.9. The molecule has 0 unspecified atom stereocenters. The van der Waals surface area contributed by atoms with E-state index in [0.717, 1.165) is 17.2 Å². The van der Waals surface area contributed by atoms with Gasteiger partial charge in [-0.1, -0.05) is 24.3 Å². The molecule has 2 heterocycles. The molecule has 0 bridgehead atoms. The minimum atomic E-state index is -0.634. The lowest BCUT2D eigenvalue weighted by atomic mass is 10.0. The van der Waals surface area contributed by atoms with Crippen LogP contribution in [0.4, 0.5) is 11.4 Å². The van der Waals surface area contributed by atoms with E-state index in [4.69, 9.17) is 0 Å². The van der Waals surface area contributed by atoms with E-state index in [-0.39, 0.29) is 22.5 Å². The van der Waals surface area contributed by atoms with Crippen LogP contribution in [0.15, 0.2) is 61.2 Å². The summed E-state index contributed by atoms with van der Waals surface area (Å²) >= 11 is 0. The van der Waals surface area contributed by atoms with Crippen LogP contribution < -0.4 is 0 Å². The molecular weight excluding hydrogens is 360 g/mol. The summed E-state index contributed by atoms with van der Waals surface area (Å²) in [5, 5.41) is 22.8. The second-order valence-electron chi connectivity index (χ2n) is 5.72. The molecule has 2 aromatic heterocycles. The number of hydrogen-bond acceptors (Lipinski definition) is 6. The molecule has 0 aliphatic carbocycles. The third kappa shape index (κ3) is 4.50. The average Bonchev–Trinajstić information content (AvgIpc) is 2.71. The summed E-state index contributed by atoms with van der Waals surface area (Å²) in [7, 11) is 0. The lowest BCUT2D eigenvalue weighted by molar-refractivity contribution is -0.394. The fraction of sp³-hybridized carbons (Fsp3) is 0. The van der Waals surface area contributed by atoms with Crippen LogP contribution in [0.2, 0.25) is 0 Å². The van der Waals surface area contributed by atoms with Gasteiger partial charge in [0.2, 0.25) is 0 Å². The molecule has 0 saturated carbocycles. The van der Waals surface area contributed by atoms with Crippen molar-refractivity contribution in [2.45, 2.75) is 0 Å². The van der Waals surface area contributed by atoms with Crippen LogP contribution in [-0.4, -0.2) is 19.8 Å². The number of nitro benzene ring substituents is 2. The summed E-state index contributed by atoms with van der Waals surface area (Å²) in [6.45, 7) is 0. The molecule has 1 aromatic carbocycles. The zero-order chi connectivity index (χ0) is 19.9. The van der Waals surface area contributed by atoms with Crippen molar-refractivity contribution in [3.8, 4) is 0 Å². The van der Waals surface area contributed by atoms with Gasteiger partial charge < -0.3 is 0 Å². The quantitative estimate of drug-likeness (QED) is 0.459. The molecule has 0 atom stereocenters. The number of benzene rings is 1. The summed E-state index contributed by atoms with van der Waals surface area (Å²) in [5.74, 6) is 0. The van der Waals surface area contributed by atoms with Gasteiger partial charge >= 0.3 is 0 Å². The van der Waals surface area contributed by atoms with Gasteiger partial charge in [-0.05, 0) is 41.5 Å². The van der Waals surface area contributed by atoms with Gasteiger partial charge in [-0.3, -0.25) is 30.2 Å². The molecule has 8 heteroatoms. The molecule has 138 valence electrons. The molecule has 0 radical (unpaired) electrons. The topological polar surface area (TPSA) is 112 Å². The Labute approximate surface area is 159 Å². The Morgan fingerprint density at radius 2 is 1.18 bits per heavy atom. The monoisotopic (exact) mass is 374 g/mol. The van der Waals surface area contributed by atoms with Crippen LogP contribution in [0.5, 0.6) is 0 Å². The Balaban J connectivity index is 2.07. The zero-order valence-electron chi connectivity index (χ0n) is 14.5. The van der Waals surface area contributed by atoms with Crippen molar-refractivity contribution in [3.05, 3.63) is 104 Å². The summed E-state index contributed by atoms with van der Waals surface area (Å²) in [6, 6.07) is 9.48. The van der Waals surface area contributed by atoms with Gasteiger partial charge in [0.1, 0.15) is 0 Å². The van der Waals surface area contributed by atoms with Crippen LogP contribution in [0.1, 0.15) is 22.3 Å². The van der Waals surface area contributed by atoms with E-state index < -0.39 is 9.85 Å². The number of hydrogen-bond donors (Lipinski definition) is 0. The highest BCUT2D eigenvalue weighted by molar-refractivity contribution is 5.81. The van der Waals surface area contributed by atoms with E-state index in [0.29, 0.717) is 0 Å². The summed E-state index contributed by atoms with van der Waals surface area (Å²) < 4.78 is 0. The number of pyridine rings is 2. The molecular formula is C20H14N4O4. The van der Waals surface area contributed by atoms with Crippen molar-refractivity contribution < 1.29 is 9.85 Å². The predicted molar refractivity (Wildman–Crippen MR) is 106 cm³/mol. The molecule has 28 heavy (non-hydrogen) atoms. The van der Waals surface area contributed by atoms with E-state index in [2.05, 4.69) is 9.97 Å². The first-order chi connectivity index (χ1) is 13.5. The Bertz CT molecular complexity index is 982. The third-order valence-corrected chi connectivity index (χ3v) is 3.85. The van der Waals surface area contributed by atoms with Crippen LogP contribution in [0.3, 0.4) is 0 Å². The highest BCUT2D eigenvalue weighted by atomic mass is 16.6. The Hall–Kier alpha value is -4.20. The third-order valence-electron chi connectivity index (χ3n) is 3.85. The standard InChI is InChI=1S/C20H14N4O4/c25-23(26)19-12-20(24(27)28)18(8-6-16-4-2-10-22-14-16)11-17(19)7-5-15-3-1-9-21-13-15/h1-14H. The van der Waals surface area contributed by atoms with E-state index in [1.807, 2.05) is 0 Å². The first-order valence-electron chi connectivity index (χ1n) is 8.17. The van der Waals surface area contributed by atoms with Gasteiger partial charge in [-0.25, -0.2) is 0 Å². The maximum absolute atomic E-state index is 11.4. The van der Waals surface area contributed by atoms with E-state index in [1.165, 1.54) is 6.07 Å². The van der Waals surface area contributed by atoms with E-state index in [1.54, 1.807) is 73.4 Å². The summed E-state index contributed by atoms with van der Waals surface area (Å²) in [4.78, 5) is 29.5. The molecule has 0 spiro atoms. The number of rotatable bonds is 6. The number of nitrogens with zero attached hydrogens (tertiary/aromatic N) is 4. The van der Waals surface area contributed by atoms with Gasteiger partial charge in [0.05, 0.1) is 27.0 Å². The van der Waals surface area contributed by atoms with Crippen molar-refractivity contribution in [3.63, 3.8) is 0 Å². The highest BCUT2D eigenvalue weighted by Crippen LogP contribution is 2.31. The van der Waals surface area contributed by atoms with Crippen molar-refractivity contribution in [2.75, 3.05) is 0 Å². The Kier molecular flexibility index (Phi) is 5.61. The van der Waals surface area contributed by atoms with E-state index >= 15 is 0 Å². The molecule has 0 N–H and O–H groups in total. The molecule has 0 fully saturated rings. The molecule has 3 aromatic rings. The van der Waals surface area contributed by atoms with Gasteiger partial charge in [-0.2, -0.15) is 0 Å². The fourth-order valence-corrected chi connectivity index (χ4v) is 2.52. The molecule has 0 aliphatic rings. The lowest BCUT2D eigenvalue weighted by Gasteiger charge is -2.03. The second-order valence-corrected chi connectivity index (χ2v) is 5.72. The average molecular weight is 374 g/mol. The second kappa shape index (κ2) is 8.45. The molecule has 8 nitrogen and oxygen atoms in total. The minimum absolute atomic E-state index is 0.255. The van der Waals surface area contributed by atoms with Crippen molar-refractivity contribution >= 4 is 35.7 Å². The maximum Gasteiger partial charge on any atom is 0.283 e. The van der Waals surface area contributed by atoms with Gasteiger partial charge in [0.15, 0.2) is 0 Å². The Morgan fingerprint density at radius 1 is 0.714 bits per heavy atom. The zero-order valence-corrected chi connectivity index (χ0v) is 14.5. The first-order valence-corrected chi connectivity index (χ1v) is 8.17. The molecule has 3 rings (SSSR count). The largest absolute Gasteiger partial charge is 0.283 e. The van der Waals surface area contributed by atoms with Crippen LogP contribution >= 0.6 is 0 Å². The molecule has 0 aliphatic heterocycles. The van der Waals surface area contributed by atoms with Crippen LogP contribution in [0.25, 0.3) is 24.3 Å². The number of aromatic nitrogens is 2. The maximum atomic E-state index is 11.4. The fourth-order valence-electron chi connectivity index (χ4n) is 2.52. The van der Waals surface area contributed by atoms with Crippen LogP contribution in [-0.2, 0) is 0 Å². The highest BCUT2D eigenvalue weighted by Gasteiger charge is 2.22. The minimum Gasteiger partial charge on any atom is -0.264 e. The Morgan fingerprint density at radius 3 is 1.54 bits per heavy atom. The number of nitro groups is 2. The molecule has 0 amide bonds. The van der Waals surface area contributed by atoms with Crippen molar-refractivity contribution in [1.82, 2.24) is 9.97 Å². The van der Waals surface area contributed by atoms with Gasteiger partial charge in [0.25, 0.3) is 11.4 Å². The molecule has 0 saturated heterocycles. The lowest BCUT2D eigenvalue weighted by Crippen LogP contribution is -1.98. The van der Waals surface area contributed by atoms with Gasteiger partial charge in [0, 0.05) is 24.8 Å². The summed E-state index contributed by atoms with van der Waals surface area (Å²) in [5.41, 5.74) is 1.33. The SMILES string of the molecule is O=[N+]([O-])c1cc([N+](=O)[O-])c(C=Cc2cccnc2)cc1C=Cc1cccnc1. The van der Waals surface area contributed by atoms with Crippen molar-refractivity contribution in [2.24, 2.45) is 0 Å². The smallest absolute Gasteiger partial charge is 0.264 e. The predicted octanol–water partition coefficient (Wildman–Crippen LogP) is 4.63. The van der Waals surface area contributed by atoms with E-state index in [9.17, 15) is 20.2 Å². The van der Waals surface area contributed by atoms with Crippen molar-refractivity contribution in [1.29, 1.82) is 0 Å². The normalized spacial score (nSPS) is 11.1. The van der Waals surface area contributed by atoms with Gasteiger partial charge in [-0.15, -0.1) is 0 Å². The van der Waals surface area contributed by atoms with Crippen LogP contribution in [0, 0.1) is 20.2 Å². The first kappa shape index (κ1) is 18.6.